The van der Waals surface area contributed by atoms with E-state index in [9.17, 15) is 0 Å². The van der Waals surface area contributed by atoms with E-state index < -0.39 is 0 Å². The van der Waals surface area contributed by atoms with Gasteiger partial charge in [0.1, 0.15) is 0 Å². The Morgan fingerprint density at radius 3 is 2.00 bits per heavy atom. The van der Waals surface area contributed by atoms with Crippen LogP contribution in [0.4, 0.5) is 0 Å². The van der Waals surface area contributed by atoms with Gasteiger partial charge in [-0.25, -0.2) is 0 Å². The maximum atomic E-state index is 3.47. The molecule has 0 heterocycles. The average molecular weight is 255 g/mol. The second-order valence-corrected chi connectivity index (χ2v) is 3.37. The van der Waals surface area contributed by atoms with Crippen molar-refractivity contribution >= 4 is 22.6 Å². The van der Waals surface area contributed by atoms with E-state index >= 15 is 0 Å². The lowest BCUT2D eigenvalue weighted by molar-refractivity contribution is 0.476. The van der Waals surface area contributed by atoms with E-state index in [1.807, 2.05) is 0 Å². The van der Waals surface area contributed by atoms with Crippen LogP contribution in [0.5, 0.6) is 0 Å². The summed E-state index contributed by atoms with van der Waals surface area (Å²) in [6.07, 6.45) is 5.26. The Balaban J connectivity index is 3.30. The topological polar surface area (TPSA) is 12.0 Å². The Bertz CT molecular complexity index is 52.0. The van der Waals surface area contributed by atoms with Gasteiger partial charge in [-0.2, -0.15) is 0 Å². The molecule has 0 bridgehead atoms. The van der Waals surface area contributed by atoms with E-state index in [1.165, 1.54) is 25.7 Å². The summed E-state index contributed by atoms with van der Waals surface area (Å²) in [5, 5.41) is 3.47. The van der Waals surface area contributed by atoms with Gasteiger partial charge < -0.3 is 5.32 Å². The normalized spacial score (nSPS) is 10.8. The van der Waals surface area contributed by atoms with Crippen molar-refractivity contribution in [2.24, 2.45) is 0 Å². The van der Waals surface area contributed by atoms with Crippen LogP contribution in [0.2, 0.25) is 0 Å². The van der Waals surface area contributed by atoms with Crippen LogP contribution >= 0.6 is 22.6 Å². The SMILES string of the molecule is CCCC(CCC)NCI. The van der Waals surface area contributed by atoms with E-state index in [4.69, 9.17) is 0 Å². The Morgan fingerprint density at radius 1 is 1.20 bits per heavy atom. The van der Waals surface area contributed by atoms with Crippen molar-refractivity contribution in [3.05, 3.63) is 0 Å². The highest BCUT2D eigenvalue weighted by Crippen LogP contribution is 2.04. The van der Waals surface area contributed by atoms with Gasteiger partial charge in [0, 0.05) is 10.6 Å². The van der Waals surface area contributed by atoms with Crippen molar-refractivity contribution in [2.45, 2.75) is 45.6 Å². The number of hydrogen-bond donors (Lipinski definition) is 1. The molecule has 0 aliphatic carbocycles. The van der Waals surface area contributed by atoms with Gasteiger partial charge in [0.05, 0.1) is 0 Å². The van der Waals surface area contributed by atoms with Crippen LogP contribution in [0, 0.1) is 0 Å². The summed E-state index contributed by atoms with van der Waals surface area (Å²) in [5.41, 5.74) is 0. The summed E-state index contributed by atoms with van der Waals surface area (Å²) in [7, 11) is 0. The highest BCUT2D eigenvalue weighted by atomic mass is 127. The van der Waals surface area contributed by atoms with Gasteiger partial charge in [-0.1, -0.05) is 49.3 Å². The van der Waals surface area contributed by atoms with E-state index in [1.54, 1.807) is 0 Å². The second kappa shape index (κ2) is 7.79. The molecule has 0 atom stereocenters. The molecule has 0 spiro atoms. The number of alkyl halides is 1. The van der Waals surface area contributed by atoms with Gasteiger partial charge in [-0.05, 0) is 12.8 Å². The standard InChI is InChI=1S/C8H18IN/c1-3-5-8(6-4-2)10-7-9/h8,10H,3-7H2,1-2H3. The zero-order valence-electron chi connectivity index (χ0n) is 6.99. The van der Waals surface area contributed by atoms with Crippen molar-refractivity contribution in [1.82, 2.24) is 5.32 Å². The quantitative estimate of drug-likeness (QED) is 0.437. The molecule has 0 amide bonds. The molecule has 62 valence electrons. The Kier molecular flexibility index (Phi) is 8.33. The molecule has 0 aliphatic rings. The summed E-state index contributed by atoms with van der Waals surface area (Å²) in [4.78, 5) is 0. The molecule has 0 aromatic rings. The van der Waals surface area contributed by atoms with Crippen LogP contribution in [-0.4, -0.2) is 10.6 Å². The molecule has 0 saturated carbocycles. The Hall–Kier alpha value is 0.690. The fourth-order valence-electron chi connectivity index (χ4n) is 1.15. The van der Waals surface area contributed by atoms with Gasteiger partial charge in [0.15, 0.2) is 0 Å². The van der Waals surface area contributed by atoms with E-state index in [0.717, 1.165) is 10.6 Å². The second-order valence-electron chi connectivity index (χ2n) is 2.61. The maximum absolute atomic E-state index is 3.47. The lowest BCUT2D eigenvalue weighted by Gasteiger charge is -2.14. The molecule has 10 heavy (non-hydrogen) atoms. The lowest BCUT2D eigenvalue weighted by atomic mass is 10.1. The minimum Gasteiger partial charge on any atom is -0.305 e. The van der Waals surface area contributed by atoms with E-state index in [2.05, 4.69) is 41.8 Å². The minimum atomic E-state index is 0.770. The first-order chi connectivity index (χ1) is 4.85. The van der Waals surface area contributed by atoms with Crippen LogP contribution in [0.15, 0.2) is 0 Å². The molecule has 1 N–H and O–H groups in total. The largest absolute Gasteiger partial charge is 0.305 e. The number of rotatable bonds is 6. The summed E-state index contributed by atoms with van der Waals surface area (Å²) in [5.74, 6) is 0. The third kappa shape index (κ3) is 5.47. The smallest absolute Gasteiger partial charge is 0.0482 e. The highest BCUT2D eigenvalue weighted by Gasteiger charge is 2.02. The molecule has 2 heteroatoms. The molecule has 0 saturated heterocycles. The van der Waals surface area contributed by atoms with Crippen LogP contribution in [0.25, 0.3) is 0 Å². The molecular formula is C8H18IN. The number of hydrogen-bond acceptors (Lipinski definition) is 1. The lowest BCUT2D eigenvalue weighted by Crippen LogP contribution is -2.27. The third-order valence-electron chi connectivity index (χ3n) is 1.64. The molecule has 0 aromatic carbocycles. The summed E-state index contributed by atoms with van der Waals surface area (Å²) >= 11 is 2.37. The predicted molar refractivity (Wildman–Crippen MR) is 55.6 cm³/mol. The molecule has 0 fully saturated rings. The first-order valence-corrected chi connectivity index (χ1v) is 5.67. The monoisotopic (exact) mass is 255 g/mol. The van der Waals surface area contributed by atoms with Crippen molar-refractivity contribution in [3.8, 4) is 0 Å². The minimum absolute atomic E-state index is 0.770. The first kappa shape index (κ1) is 10.7. The maximum Gasteiger partial charge on any atom is 0.0482 e. The Morgan fingerprint density at radius 2 is 1.70 bits per heavy atom. The summed E-state index contributed by atoms with van der Waals surface area (Å²) in [6, 6.07) is 0.770. The molecule has 0 rings (SSSR count). The van der Waals surface area contributed by atoms with Gasteiger partial charge in [-0.15, -0.1) is 0 Å². The molecule has 0 aliphatic heterocycles. The van der Waals surface area contributed by atoms with E-state index in [-0.39, 0.29) is 0 Å². The van der Waals surface area contributed by atoms with Crippen molar-refractivity contribution < 1.29 is 0 Å². The molecular weight excluding hydrogens is 237 g/mol. The van der Waals surface area contributed by atoms with Crippen molar-refractivity contribution in [3.63, 3.8) is 0 Å². The first-order valence-electron chi connectivity index (χ1n) is 4.14. The van der Waals surface area contributed by atoms with Gasteiger partial charge >= 0.3 is 0 Å². The fraction of sp³-hybridized carbons (Fsp3) is 1.00. The number of halogens is 1. The molecule has 0 unspecified atom stereocenters. The van der Waals surface area contributed by atoms with Crippen molar-refractivity contribution in [2.75, 3.05) is 4.55 Å². The third-order valence-corrected chi connectivity index (χ3v) is 2.08. The zero-order valence-corrected chi connectivity index (χ0v) is 9.15. The van der Waals surface area contributed by atoms with Crippen LogP contribution < -0.4 is 5.32 Å². The van der Waals surface area contributed by atoms with Crippen LogP contribution in [0.3, 0.4) is 0 Å². The molecule has 0 aromatic heterocycles. The van der Waals surface area contributed by atoms with E-state index in [0.29, 0.717) is 0 Å². The van der Waals surface area contributed by atoms with Gasteiger partial charge in [0.25, 0.3) is 0 Å². The van der Waals surface area contributed by atoms with Gasteiger partial charge in [0.2, 0.25) is 0 Å². The Labute approximate surface area is 78.1 Å². The highest BCUT2D eigenvalue weighted by molar-refractivity contribution is 14.1. The summed E-state index contributed by atoms with van der Waals surface area (Å²) in [6.45, 7) is 4.50. The summed E-state index contributed by atoms with van der Waals surface area (Å²) < 4.78 is 1.09. The van der Waals surface area contributed by atoms with Crippen LogP contribution in [0.1, 0.15) is 39.5 Å². The zero-order chi connectivity index (χ0) is 7.82. The fourth-order valence-corrected chi connectivity index (χ4v) is 1.78. The average Bonchev–Trinajstić information content (AvgIpc) is 1.90. The molecule has 1 nitrogen and oxygen atoms in total. The number of nitrogens with one attached hydrogen (secondary N) is 1. The van der Waals surface area contributed by atoms with Crippen LogP contribution in [-0.2, 0) is 0 Å². The van der Waals surface area contributed by atoms with Crippen molar-refractivity contribution in [1.29, 1.82) is 0 Å². The van der Waals surface area contributed by atoms with Gasteiger partial charge in [-0.3, -0.25) is 0 Å². The predicted octanol–water partition coefficient (Wildman–Crippen LogP) is 2.94. The molecule has 0 radical (unpaired) electrons.